The smallest absolute Gasteiger partial charge is 0.253 e. The van der Waals surface area contributed by atoms with E-state index in [0.29, 0.717) is 30.2 Å². The van der Waals surface area contributed by atoms with Crippen LogP contribution in [0.5, 0.6) is 0 Å². The highest BCUT2D eigenvalue weighted by molar-refractivity contribution is 6.30. The van der Waals surface area contributed by atoms with Crippen LogP contribution in [-0.2, 0) is 0 Å². The third-order valence-electron chi connectivity index (χ3n) is 2.93. The molecule has 1 rings (SSSR count). The van der Waals surface area contributed by atoms with Gasteiger partial charge in [0.25, 0.3) is 5.91 Å². The van der Waals surface area contributed by atoms with E-state index in [1.807, 2.05) is 11.8 Å². The summed E-state index contributed by atoms with van der Waals surface area (Å²) in [5.41, 5.74) is 6.30. The highest BCUT2D eigenvalue weighted by Crippen LogP contribution is 2.17. The second-order valence-corrected chi connectivity index (χ2v) is 5.63. The predicted molar refractivity (Wildman–Crippen MR) is 75.9 cm³/mol. The van der Waals surface area contributed by atoms with Crippen molar-refractivity contribution in [3.63, 3.8) is 0 Å². The first-order chi connectivity index (χ1) is 8.39. The van der Waals surface area contributed by atoms with E-state index in [9.17, 15) is 4.79 Å². The van der Waals surface area contributed by atoms with E-state index < -0.39 is 0 Å². The molecule has 0 fully saturated rings. The van der Waals surface area contributed by atoms with Gasteiger partial charge in [-0.1, -0.05) is 25.4 Å². The highest BCUT2D eigenvalue weighted by Gasteiger charge is 2.23. The van der Waals surface area contributed by atoms with Crippen molar-refractivity contribution in [3.8, 4) is 0 Å². The number of carbonyl (C=O) groups is 1. The van der Waals surface area contributed by atoms with Gasteiger partial charge in [0, 0.05) is 23.7 Å². The van der Waals surface area contributed by atoms with Crippen molar-refractivity contribution >= 4 is 17.5 Å². The third kappa shape index (κ3) is 4.00. The van der Waals surface area contributed by atoms with E-state index in [-0.39, 0.29) is 11.3 Å². The average molecular weight is 269 g/mol. The summed E-state index contributed by atoms with van der Waals surface area (Å²) in [5.74, 6) is 0.0238. The number of halogens is 1. The first-order valence-corrected chi connectivity index (χ1v) is 6.52. The minimum atomic E-state index is -0.0713. The molecule has 0 radical (unpaired) electrons. The van der Waals surface area contributed by atoms with E-state index in [1.165, 1.54) is 0 Å². The molecule has 0 aliphatic carbocycles. The van der Waals surface area contributed by atoms with Crippen molar-refractivity contribution in [3.05, 3.63) is 34.9 Å². The van der Waals surface area contributed by atoms with E-state index in [4.69, 9.17) is 17.3 Å². The minimum absolute atomic E-state index is 0.0238. The summed E-state index contributed by atoms with van der Waals surface area (Å²) in [5, 5.41) is 0.636. The number of amides is 1. The molecule has 0 saturated carbocycles. The molecule has 4 heteroatoms. The first kappa shape index (κ1) is 15.0. The van der Waals surface area contributed by atoms with Crippen LogP contribution in [0.1, 0.15) is 31.1 Å². The Labute approximate surface area is 114 Å². The highest BCUT2D eigenvalue weighted by atomic mass is 35.5. The lowest BCUT2D eigenvalue weighted by molar-refractivity contribution is 0.0701. The predicted octanol–water partition coefficient (Wildman–Crippen LogP) is 2.79. The van der Waals surface area contributed by atoms with Gasteiger partial charge in [-0.25, -0.2) is 0 Å². The fourth-order valence-corrected chi connectivity index (χ4v) is 1.81. The molecule has 1 aromatic carbocycles. The zero-order chi connectivity index (χ0) is 13.8. The summed E-state index contributed by atoms with van der Waals surface area (Å²) < 4.78 is 0. The molecule has 0 aliphatic rings. The van der Waals surface area contributed by atoms with Crippen molar-refractivity contribution in [2.75, 3.05) is 19.6 Å². The molecule has 1 amide bonds. The molecule has 0 atom stereocenters. The maximum absolute atomic E-state index is 12.3. The fraction of sp³-hybridized carbons (Fsp3) is 0.500. The standard InChI is InChI=1S/C14H21ClN2O/c1-4-17(10-14(2,3)9-16)13(18)11-5-7-12(15)8-6-11/h5-8H,4,9-10,16H2,1-3H3. The lowest BCUT2D eigenvalue weighted by atomic mass is 9.93. The molecule has 0 unspecified atom stereocenters. The first-order valence-electron chi connectivity index (χ1n) is 6.14. The Bertz CT molecular complexity index is 401. The molecule has 18 heavy (non-hydrogen) atoms. The summed E-state index contributed by atoms with van der Waals surface area (Å²) in [6, 6.07) is 6.97. The molecule has 0 spiro atoms. The average Bonchev–Trinajstić information content (AvgIpc) is 2.36. The van der Waals surface area contributed by atoms with E-state index in [2.05, 4.69) is 13.8 Å². The normalized spacial score (nSPS) is 11.4. The van der Waals surface area contributed by atoms with Gasteiger partial charge in [0.05, 0.1) is 0 Å². The zero-order valence-corrected chi connectivity index (χ0v) is 12.0. The molecule has 3 nitrogen and oxygen atoms in total. The fourth-order valence-electron chi connectivity index (χ4n) is 1.68. The molecule has 100 valence electrons. The van der Waals surface area contributed by atoms with Crippen LogP contribution in [0, 0.1) is 5.41 Å². The van der Waals surface area contributed by atoms with Crippen LogP contribution in [0.2, 0.25) is 5.02 Å². The Morgan fingerprint density at radius 2 is 1.89 bits per heavy atom. The van der Waals surface area contributed by atoms with Crippen molar-refractivity contribution in [1.29, 1.82) is 0 Å². The third-order valence-corrected chi connectivity index (χ3v) is 3.18. The van der Waals surface area contributed by atoms with Gasteiger partial charge in [-0.05, 0) is 43.1 Å². The van der Waals surface area contributed by atoms with Crippen LogP contribution in [0.25, 0.3) is 0 Å². The summed E-state index contributed by atoms with van der Waals surface area (Å²) in [7, 11) is 0. The van der Waals surface area contributed by atoms with Crippen LogP contribution in [0.3, 0.4) is 0 Å². The molecule has 0 heterocycles. The van der Waals surface area contributed by atoms with Gasteiger partial charge in [0.1, 0.15) is 0 Å². The molecule has 2 N–H and O–H groups in total. The van der Waals surface area contributed by atoms with Gasteiger partial charge >= 0.3 is 0 Å². The Hall–Kier alpha value is -1.06. The quantitative estimate of drug-likeness (QED) is 0.893. The van der Waals surface area contributed by atoms with Gasteiger partial charge in [0.15, 0.2) is 0 Å². The maximum Gasteiger partial charge on any atom is 0.253 e. The Kier molecular flexibility index (Phi) is 5.17. The Morgan fingerprint density at radius 1 is 1.33 bits per heavy atom. The summed E-state index contributed by atoms with van der Waals surface area (Å²) in [6.07, 6.45) is 0. The molecule has 0 aliphatic heterocycles. The topological polar surface area (TPSA) is 46.3 Å². The van der Waals surface area contributed by atoms with Crippen molar-refractivity contribution in [1.82, 2.24) is 4.90 Å². The second kappa shape index (κ2) is 6.21. The van der Waals surface area contributed by atoms with Crippen LogP contribution in [0.15, 0.2) is 24.3 Å². The van der Waals surface area contributed by atoms with Crippen LogP contribution in [0.4, 0.5) is 0 Å². The van der Waals surface area contributed by atoms with Gasteiger partial charge in [-0.3, -0.25) is 4.79 Å². The number of benzene rings is 1. The lowest BCUT2D eigenvalue weighted by Gasteiger charge is -2.31. The summed E-state index contributed by atoms with van der Waals surface area (Å²) in [4.78, 5) is 14.1. The lowest BCUT2D eigenvalue weighted by Crippen LogP contribution is -2.41. The van der Waals surface area contributed by atoms with Crippen molar-refractivity contribution in [2.45, 2.75) is 20.8 Å². The Balaban J connectivity index is 2.82. The summed E-state index contributed by atoms with van der Waals surface area (Å²) >= 11 is 5.82. The van der Waals surface area contributed by atoms with Gasteiger partial charge in [0.2, 0.25) is 0 Å². The molecule has 0 saturated heterocycles. The number of nitrogens with zero attached hydrogens (tertiary/aromatic N) is 1. The molecule has 0 aromatic heterocycles. The second-order valence-electron chi connectivity index (χ2n) is 5.19. The molecule has 1 aromatic rings. The van der Waals surface area contributed by atoms with Crippen LogP contribution >= 0.6 is 11.6 Å². The van der Waals surface area contributed by atoms with Crippen molar-refractivity contribution < 1.29 is 4.79 Å². The molecular formula is C14H21ClN2O. The van der Waals surface area contributed by atoms with Gasteiger partial charge < -0.3 is 10.6 Å². The number of carbonyl (C=O) groups excluding carboxylic acids is 1. The van der Waals surface area contributed by atoms with Crippen LogP contribution < -0.4 is 5.73 Å². The SMILES string of the molecule is CCN(CC(C)(C)CN)C(=O)c1ccc(Cl)cc1. The minimum Gasteiger partial charge on any atom is -0.338 e. The maximum atomic E-state index is 12.3. The largest absolute Gasteiger partial charge is 0.338 e. The number of hydrogen-bond acceptors (Lipinski definition) is 2. The number of nitrogens with two attached hydrogens (primary N) is 1. The Morgan fingerprint density at radius 3 is 2.33 bits per heavy atom. The van der Waals surface area contributed by atoms with E-state index >= 15 is 0 Å². The van der Waals surface area contributed by atoms with Gasteiger partial charge in [-0.15, -0.1) is 0 Å². The molecule has 0 bridgehead atoms. The number of hydrogen-bond donors (Lipinski definition) is 1. The van der Waals surface area contributed by atoms with E-state index in [0.717, 1.165) is 0 Å². The van der Waals surface area contributed by atoms with Crippen molar-refractivity contribution in [2.24, 2.45) is 11.1 Å². The number of rotatable bonds is 5. The summed E-state index contributed by atoms with van der Waals surface area (Å²) in [6.45, 7) is 7.97. The van der Waals surface area contributed by atoms with Crippen LogP contribution in [-0.4, -0.2) is 30.4 Å². The molecular weight excluding hydrogens is 248 g/mol. The van der Waals surface area contributed by atoms with Gasteiger partial charge in [-0.2, -0.15) is 0 Å². The van der Waals surface area contributed by atoms with E-state index in [1.54, 1.807) is 24.3 Å². The monoisotopic (exact) mass is 268 g/mol. The zero-order valence-electron chi connectivity index (χ0n) is 11.2.